The summed E-state index contributed by atoms with van der Waals surface area (Å²) in [5, 5.41) is 3.23. The van der Waals surface area contributed by atoms with E-state index in [1.807, 2.05) is 36.1 Å². The van der Waals surface area contributed by atoms with Crippen molar-refractivity contribution in [2.24, 2.45) is 0 Å². The lowest BCUT2D eigenvalue weighted by Gasteiger charge is -2.34. The smallest absolute Gasteiger partial charge is 0.339 e. The van der Waals surface area contributed by atoms with Crippen LogP contribution in [0.25, 0.3) is 0 Å². The summed E-state index contributed by atoms with van der Waals surface area (Å²) in [6, 6.07) is 9.79. The first-order chi connectivity index (χ1) is 14.7. The van der Waals surface area contributed by atoms with Crippen LogP contribution in [-0.4, -0.2) is 65.1 Å². The molecule has 3 rings (SSSR count). The second kappa shape index (κ2) is 10.1. The van der Waals surface area contributed by atoms with Gasteiger partial charge < -0.3 is 10.2 Å². The Kier molecular flexibility index (Phi) is 7.55. The zero-order valence-electron chi connectivity index (χ0n) is 17.0. The van der Waals surface area contributed by atoms with Crippen LogP contribution in [0.1, 0.15) is 11.1 Å². The number of alkyl halides is 3. The number of hydrogen-bond acceptors (Lipinski definition) is 5. The van der Waals surface area contributed by atoms with Gasteiger partial charge in [0.05, 0.1) is 22.9 Å². The fourth-order valence-electron chi connectivity index (χ4n) is 3.06. The van der Waals surface area contributed by atoms with Gasteiger partial charge in [0, 0.05) is 38.1 Å². The van der Waals surface area contributed by atoms with E-state index in [0.717, 1.165) is 35.3 Å². The van der Waals surface area contributed by atoms with Gasteiger partial charge in [0.1, 0.15) is 0 Å². The van der Waals surface area contributed by atoms with Crippen LogP contribution >= 0.6 is 11.8 Å². The van der Waals surface area contributed by atoms with Crippen LogP contribution in [-0.2, 0) is 15.8 Å². The fraction of sp³-hybridized carbons (Fsp3) is 0.381. The molecule has 2 amide bonds. The number of anilines is 1. The summed E-state index contributed by atoms with van der Waals surface area (Å²) in [6.45, 7) is 4.38. The third-order valence-corrected chi connectivity index (χ3v) is 5.76. The maximum Gasteiger partial charge on any atom is 0.417 e. The van der Waals surface area contributed by atoms with Gasteiger partial charge in [-0.15, -0.1) is 0 Å². The molecule has 0 spiro atoms. The minimum atomic E-state index is -4.43. The zero-order chi connectivity index (χ0) is 22.4. The Bertz CT molecular complexity index is 896. The number of benzene rings is 1. The minimum absolute atomic E-state index is 0.101. The van der Waals surface area contributed by atoms with Gasteiger partial charge in [-0.2, -0.15) is 13.2 Å². The molecule has 0 atom stereocenters. The molecule has 1 aromatic carbocycles. The number of piperazine rings is 1. The van der Waals surface area contributed by atoms with E-state index in [2.05, 4.69) is 10.3 Å². The number of pyridine rings is 1. The average molecular weight is 453 g/mol. The summed E-state index contributed by atoms with van der Waals surface area (Å²) in [6.07, 6.45) is -3.66. The molecule has 1 aliphatic rings. The quantitative estimate of drug-likeness (QED) is 0.682. The highest BCUT2D eigenvalue weighted by atomic mass is 32.2. The van der Waals surface area contributed by atoms with Crippen LogP contribution in [0, 0.1) is 6.92 Å². The van der Waals surface area contributed by atoms with Crippen LogP contribution in [0.15, 0.2) is 47.6 Å². The molecule has 0 radical (unpaired) electrons. The maximum absolute atomic E-state index is 12.6. The molecule has 31 heavy (non-hydrogen) atoms. The van der Waals surface area contributed by atoms with Gasteiger partial charge in [0.15, 0.2) is 0 Å². The predicted octanol–water partition coefficient (Wildman–Crippen LogP) is 3.28. The molecular weight excluding hydrogens is 429 g/mol. The largest absolute Gasteiger partial charge is 0.417 e. The highest BCUT2D eigenvalue weighted by Crippen LogP contribution is 2.29. The van der Waals surface area contributed by atoms with E-state index in [1.165, 1.54) is 6.07 Å². The molecule has 0 bridgehead atoms. The summed E-state index contributed by atoms with van der Waals surface area (Å²) < 4.78 is 37.7. The summed E-state index contributed by atoms with van der Waals surface area (Å²) >= 11 is 1.11. The van der Waals surface area contributed by atoms with E-state index in [0.29, 0.717) is 31.2 Å². The standard InChI is InChI=1S/C21H23F3N4O2S/c1-15-2-5-17(6-3-15)26-18(29)13-27-8-10-28(11-9-27)20(30)14-31-19-7-4-16(12-25-19)21(22,23)24/h2-7,12H,8-11,13-14H2,1H3,(H,26,29). The van der Waals surface area contributed by atoms with Gasteiger partial charge in [-0.05, 0) is 31.2 Å². The van der Waals surface area contributed by atoms with Gasteiger partial charge >= 0.3 is 6.18 Å². The van der Waals surface area contributed by atoms with Crippen LogP contribution in [0.2, 0.25) is 0 Å². The Balaban J connectivity index is 1.39. The monoisotopic (exact) mass is 452 g/mol. The number of nitrogens with one attached hydrogen (secondary N) is 1. The fourth-order valence-corrected chi connectivity index (χ4v) is 3.80. The maximum atomic E-state index is 12.6. The molecule has 2 aromatic rings. The number of thioether (sulfide) groups is 1. The van der Waals surface area contributed by atoms with Crippen molar-refractivity contribution < 1.29 is 22.8 Å². The summed E-state index contributed by atoms with van der Waals surface area (Å²) in [4.78, 5) is 32.1. The van der Waals surface area contributed by atoms with Gasteiger partial charge in [0.25, 0.3) is 0 Å². The highest BCUT2D eigenvalue weighted by molar-refractivity contribution is 7.99. The first-order valence-corrected chi connectivity index (χ1v) is 10.7. The Morgan fingerprint density at radius 2 is 1.74 bits per heavy atom. The minimum Gasteiger partial charge on any atom is -0.339 e. The first kappa shape index (κ1) is 23.1. The van der Waals surface area contributed by atoms with Gasteiger partial charge in [-0.1, -0.05) is 29.5 Å². The average Bonchev–Trinajstić information content (AvgIpc) is 2.74. The van der Waals surface area contributed by atoms with E-state index < -0.39 is 11.7 Å². The molecule has 1 aromatic heterocycles. The Morgan fingerprint density at radius 3 is 2.32 bits per heavy atom. The third kappa shape index (κ3) is 6.96. The van der Waals surface area contributed by atoms with Crippen molar-refractivity contribution >= 4 is 29.3 Å². The SMILES string of the molecule is Cc1ccc(NC(=O)CN2CCN(C(=O)CSc3ccc(C(F)(F)F)cn3)CC2)cc1. The normalized spacial score (nSPS) is 15.0. The molecule has 0 saturated carbocycles. The molecule has 0 unspecified atom stereocenters. The molecule has 2 heterocycles. The number of aryl methyl sites for hydroxylation is 1. The second-order valence-electron chi connectivity index (χ2n) is 7.24. The predicted molar refractivity (Wildman–Crippen MR) is 113 cm³/mol. The number of nitrogens with zero attached hydrogens (tertiary/aromatic N) is 3. The van der Waals surface area contributed by atoms with Crippen LogP contribution in [0.3, 0.4) is 0 Å². The van der Waals surface area contributed by atoms with Crippen LogP contribution in [0.5, 0.6) is 0 Å². The zero-order valence-corrected chi connectivity index (χ0v) is 17.8. The lowest BCUT2D eigenvalue weighted by Crippen LogP contribution is -2.50. The number of amides is 2. The molecule has 166 valence electrons. The number of hydrogen-bond donors (Lipinski definition) is 1. The highest BCUT2D eigenvalue weighted by Gasteiger charge is 2.30. The van der Waals surface area contributed by atoms with E-state index in [-0.39, 0.29) is 24.1 Å². The van der Waals surface area contributed by atoms with Crippen molar-refractivity contribution in [1.29, 1.82) is 0 Å². The lowest BCUT2D eigenvalue weighted by molar-refractivity contribution is -0.138. The Hall–Kier alpha value is -2.59. The summed E-state index contributed by atoms with van der Waals surface area (Å²) in [7, 11) is 0. The van der Waals surface area contributed by atoms with E-state index in [4.69, 9.17) is 0 Å². The van der Waals surface area contributed by atoms with Crippen molar-refractivity contribution in [3.05, 3.63) is 53.7 Å². The molecule has 10 heteroatoms. The van der Waals surface area contributed by atoms with Crippen molar-refractivity contribution in [1.82, 2.24) is 14.8 Å². The van der Waals surface area contributed by atoms with E-state index in [1.54, 1.807) is 4.90 Å². The molecule has 1 aliphatic heterocycles. The molecule has 1 fully saturated rings. The van der Waals surface area contributed by atoms with Crippen molar-refractivity contribution in [3.8, 4) is 0 Å². The molecule has 1 saturated heterocycles. The van der Waals surface area contributed by atoms with E-state index in [9.17, 15) is 22.8 Å². The molecular formula is C21H23F3N4O2S. The van der Waals surface area contributed by atoms with Crippen molar-refractivity contribution in [3.63, 3.8) is 0 Å². The number of rotatable bonds is 6. The third-order valence-electron chi connectivity index (χ3n) is 4.83. The van der Waals surface area contributed by atoms with Gasteiger partial charge in [-0.3, -0.25) is 14.5 Å². The number of carbonyl (C=O) groups excluding carboxylic acids is 2. The van der Waals surface area contributed by atoms with Gasteiger partial charge in [-0.25, -0.2) is 4.98 Å². The molecule has 1 N–H and O–H groups in total. The summed E-state index contributed by atoms with van der Waals surface area (Å²) in [5.74, 6) is -0.102. The Morgan fingerprint density at radius 1 is 1.06 bits per heavy atom. The second-order valence-corrected chi connectivity index (χ2v) is 8.24. The van der Waals surface area contributed by atoms with E-state index >= 15 is 0 Å². The Labute approximate surface area is 182 Å². The molecule has 6 nitrogen and oxygen atoms in total. The molecule has 0 aliphatic carbocycles. The lowest BCUT2D eigenvalue weighted by atomic mass is 10.2. The number of aromatic nitrogens is 1. The van der Waals surface area contributed by atoms with Crippen molar-refractivity contribution in [2.45, 2.75) is 18.1 Å². The first-order valence-electron chi connectivity index (χ1n) is 9.73. The number of halogens is 3. The van der Waals surface area contributed by atoms with Crippen LogP contribution < -0.4 is 5.32 Å². The summed E-state index contributed by atoms with van der Waals surface area (Å²) in [5.41, 5.74) is 1.05. The van der Waals surface area contributed by atoms with Gasteiger partial charge in [0.2, 0.25) is 11.8 Å². The topological polar surface area (TPSA) is 65.5 Å². The van der Waals surface area contributed by atoms with Crippen molar-refractivity contribution in [2.75, 3.05) is 43.8 Å². The van der Waals surface area contributed by atoms with Crippen LogP contribution in [0.4, 0.5) is 18.9 Å². The number of carbonyl (C=O) groups is 2.